The highest BCUT2D eigenvalue weighted by Crippen LogP contribution is 2.46. The Morgan fingerprint density at radius 1 is 0.439 bits per heavy atom. The minimum atomic E-state index is -6.03. The Kier molecular flexibility index (Phi) is 7.80. The van der Waals surface area contributed by atoms with E-state index in [-0.39, 0.29) is 39.9 Å². The minimum Gasteiger partial charge on any atom is -0.324 e. The van der Waals surface area contributed by atoms with Crippen molar-refractivity contribution in [3.63, 3.8) is 0 Å². The molecule has 4 aromatic carbocycles. The van der Waals surface area contributed by atoms with Gasteiger partial charge in [-0.25, -0.2) is 29.9 Å². The number of aromatic amines is 2. The highest BCUT2D eigenvalue weighted by Gasteiger charge is 2.40. The first-order valence-corrected chi connectivity index (χ1v) is 21.8. The van der Waals surface area contributed by atoms with Crippen LogP contribution in [0.25, 0.3) is 89.7 Å². The molecule has 3 aromatic heterocycles. The standard InChI is InChI=1S/C32H17ClN8O12S4/c33-21-19-20(22(55(45,46)47)24(57(51,52)53)23(21)56(48,49)50)32-40-30-18-16(10-5-11-17(18)54(42,43)44)29(39-30)37-27-13-7-2-1-6-12(13)25(35-27)34-26-14-8-3-4-9-15(14)28(36-26)38-31(19)41-32/h1-11H,(H,42,43,44)(H,45,46,47)(H,48,49,50)(H,51,52,53)(H2,34,35,36,37,38,39,40,41). The number of benzene rings is 4. The molecule has 8 bridgehead atoms. The molecule has 2 aliphatic rings. The van der Waals surface area contributed by atoms with Crippen LogP contribution in [0.3, 0.4) is 0 Å². The molecule has 7 aromatic rings. The molecule has 0 saturated heterocycles. The van der Waals surface area contributed by atoms with Crippen LogP contribution in [-0.2, 0) is 40.5 Å². The van der Waals surface area contributed by atoms with E-state index in [1.165, 1.54) is 12.1 Å². The predicted octanol–water partition coefficient (Wildman–Crippen LogP) is 4.51. The van der Waals surface area contributed by atoms with Crippen molar-refractivity contribution in [2.45, 2.75) is 19.6 Å². The Morgan fingerprint density at radius 3 is 1.42 bits per heavy atom. The maximum atomic E-state index is 13.2. The second kappa shape index (κ2) is 12.1. The van der Waals surface area contributed by atoms with Gasteiger partial charge in [-0.2, -0.15) is 33.7 Å². The van der Waals surface area contributed by atoms with Crippen molar-refractivity contribution in [3.05, 3.63) is 71.8 Å². The Bertz CT molecular complexity index is 3670. The molecule has 0 atom stereocenters. The van der Waals surface area contributed by atoms with Gasteiger partial charge < -0.3 is 9.97 Å². The Morgan fingerprint density at radius 2 is 0.877 bits per heavy atom. The number of hydrogen-bond donors (Lipinski definition) is 6. The zero-order chi connectivity index (χ0) is 40.6. The summed E-state index contributed by atoms with van der Waals surface area (Å²) < 4.78 is 144. The number of rotatable bonds is 4. The largest absolute Gasteiger partial charge is 0.324 e. The molecule has 2 aliphatic heterocycles. The van der Waals surface area contributed by atoms with Crippen molar-refractivity contribution in [2.24, 2.45) is 0 Å². The minimum absolute atomic E-state index is 0.0284. The third-order valence-corrected chi connectivity index (χ3v) is 13.4. The third kappa shape index (κ3) is 5.76. The predicted molar refractivity (Wildman–Crippen MR) is 200 cm³/mol. The van der Waals surface area contributed by atoms with Crippen molar-refractivity contribution in [2.75, 3.05) is 0 Å². The molecule has 9 rings (SSSR count). The van der Waals surface area contributed by atoms with Gasteiger partial charge in [0.05, 0.1) is 16.0 Å². The summed E-state index contributed by atoms with van der Waals surface area (Å²) in [6, 6.07) is 17.1. The van der Waals surface area contributed by atoms with Crippen LogP contribution < -0.4 is 0 Å². The second-order valence-electron chi connectivity index (χ2n) is 12.3. The molecule has 0 saturated carbocycles. The smallest absolute Gasteiger partial charge is 0.297 e. The van der Waals surface area contributed by atoms with Gasteiger partial charge in [0.2, 0.25) is 0 Å². The first kappa shape index (κ1) is 36.8. The van der Waals surface area contributed by atoms with E-state index in [1.54, 1.807) is 48.5 Å². The second-order valence-corrected chi connectivity index (χ2v) is 18.2. The third-order valence-electron chi connectivity index (χ3n) is 8.94. The fraction of sp³-hybridized carbons (Fsp3) is 0. The SMILES string of the molecule is O=S(=O)(O)c1cccc2c1-c1nc-2nc2[nH]c(nc3nc(nc4[nH]c(n1)c1c(S(=O)(=O)O)c(S(=O)(=O)O)c(S(=O)(=O)O)c(Cl)c41)-c1ccccc1-3)c1ccccc21. The van der Waals surface area contributed by atoms with Crippen molar-refractivity contribution < 1.29 is 51.9 Å². The molecule has 20 nitrogen and oxygen atoms in total. The van der Waals surface area contributed by atoms with Crippen LogP contribution in [0.1, 0.15) is 0 Å². The fourth-order valence-corrected chi connectivity index (χ4v) is 11.6. The van der Waals surface area contributed by atoms with E-state index in [1.807, 2.05) is 0 Å². The summed E-state index contributed by atoms with van der Waals surface area (Å²) in [5.74, 6) is -0.884. The van der Waals surface area contributed by atoms with E-state index < -0.39 is 93.0 Å². The molecule has 0 fully saturated rings. The number of halogens is 1. The van der Waals surface area contributed by atoms with Gasteiger partial charge in [-0.3, -0.25) is 18.2 Å². The van der Waals surface area contributed by atoms with Gasteiger partial charge in [-0.05, 0) is 6.07 Å². The van der Waals surface area contributed by atoms with Gasteiger partial charge in [0.1, 0.15) is 42.2 Å². The molecule has 5 heterocycles. The monoisotopic (exact) mass is 868 g/mol. The lowest BCUT2D eigenvalue weighted by molar-refractivity contribution is 0.457. The van der Waals surface area contributed by atoms with Crippen molar-refractivity contribution >= 4 is 96.2 Å². The zero-order valence-electron chi connectivity index (χ0n) is 27.6. The van der Waals surface area contributed by atoms with Gasteiger partial charge in [0, 0.05) is 32.8 Å². The topological polar surface area (TPSA) is 326 Å². The molecule has 6 N–H and O–H groups in total. The van der Waals surface area contributed by atoms with Crippen LogP contribution in [0.4, 0.5) is 0 Å². The van der Waals surface area contributed by atoms with Crippen LogP contribution in [0.5, 0.6) is 0 Å². The normalized spacial score (nSPS) is 13.2. The van der Waals surface area contributed by atoms with Crippen LogP contribution in [0.2, 0.25) is 5.02 Å². The Balaban J connectivity index is 1.63. The number of nitrogens with one attached hydrogen (secondary N) is 2. The van der Waals surface area contributed by atoms with E-state index in [0.29, 0.717) is 21.9 Å². The summed E-state index contributed by atoms with van der Waals surface area (Å²) >= 11 is 6.52. The molecule has 0 radical (unpaired) electrons. The summed E-state index contributed by atoms with van der Waals surface area (Å²) in [6.07, 6.45) is 0. The van der Waals surface area contributed by atoms with E-state index >= 15 is 0 Å². The summed E-state index contributed by atoms with van der Waals surface area (Å²) in [4.78, 5) is 26.4. The maximum absolute atomic E-state index is 13.2. The average Bonchev–Trinajstić information content (AvgIpc) is 3.85. The molecule has 288 valence electrons. The van der Waals surface area contributed by atoms with Gasteiger partial charge in [0.25, 0.3) is 40.5 Å². The summed E-state index contributed by atoms with van der Waals surface area (Å²) in [5.41, 5.74) is -0.650. The lowest BCUT2D eigenvalue weighted by Crippen LogP contribution is -2.15. The summed E-state index contributed by atoms with van der Waals surface area (Å²) in [5, 5.41) is -1.94. The number of nitrogens with zero attached hydrogens (tertiary/aromatic N) is 6. The van der Waals surface area contributed by atoms with Gasteiger partial charge in [0.15, 0.2) is 23.3 Å². The van der Waals surface area contributed by atoms with E-state index in [0.717, 1.165) is 6.07 Å². The van der Waals surface area contributed by atoms with Gasteiger partial charge >= 0.3 is 0 Å². The van der Waals surface area contributed by atoms with Gasteiger partial charge in [-0.1, -0.05) is 72.3 Å². The Labute approximate surface area is 323 Å². The maximum Gasteiger partial charge on any atom is 0.297 e. The Hall–Kier alpha value is -5.83. The molecule has 0 unspecified atom stereocenters. The highest BCUT2D eigenvalue weighted by molar-refractivity contribution is 7.90. The first-order chi connectivity index (χ1) is 26.7. The zero-order valence-corrected chi connectivity index (χ0v) is 31.6. The number of H-pyrrole nitrogens is 2. The van der Waals surface area contributed by atoms with Crippen molar-refractivity contribution in [3.8, 4) is 45.6 Å². The average molecular weight is 869 g/mol. The van der Waals surface area contributed by atoms with E-state index in [4.69, 9.17) is 16.6 Å². The van der Waals surface area contributed by atoms with Crippen LogP contribution in [0, 0.1) is 0 Å². The van der Waals surface area contributed by atoms with Crippen LogP contribution in [-0.4, -0.2) is 91.8 Å². The molecule has 0 aliphatic carbocycles. The quantitative estimate of drug-likeness (QED) is 0.132. The number of aromatic nitrogens is 8. The lowest BCUT2D eigenvalue weighted by atomic mass is 10.1. The molecule has 0 spiro atoms. The van der Waals surface area contributed by atoms with Gasteiger partial charge in [-0.15, -0.1) is 0 Å². The van der Waals surface area contributed by atoms with E-state index in [9.17, 15) is 51.9 Å². The van der Waals surface area contributed by atoms with Crippen LogP contribution >= 0.6 is 11.6 Å². The van der Waals surface area contributed by atoms with Crippen molar-refractivity contribution in [1.82, 2.24) is 39.9 Å². The molecular formula is C32H17ClN8O12S4. The molecular weight excluding hydrogens is 852 g/mol. The summed E-state index contributed by atoms with van der Waals surface area (Å²) in [7, 11) is -22.9. The fourth-order valence-electron chi connectivity index (χ4n) is 6.77. The number of fused-ring (bicyclic) bond motifs is 20. The first-order valence-electron chi connectivity index (χ1n) is 15.7. The molecule has 57 heavy (non-hydrogen) atoms. The number of hydrogen-bond acceptors (Lipinski definition) is 14. The molecule has 0 amide bonds. The molecule has 25 heteroatoms. The summed E-state index contributed by atoms with van der Waals surface area (Å²) in [6.45, 7) is 0. The van der Waals surface area contributed by atoms with Crippen LogP contribution in [0.15, 0.2) is 86.3 Å². The lowest BCUT2D eigenvalue weighted by Gasteiger charge is -2.13. The highest BCUT2D eigenvalue weighted by atomic mass is 35.5. The van der Waals surface area contributed by atoms with Crippen molar-refractivity contribution in [1.29, 1.82) is 0 Å². The van der Waals surface area contributed by atoms with E-state index in [2.05, 4.69) is 34.9 Å².